The first-order valence-corrected chi connectivity index (χ1v) is 11.5. The number of carbonyl (C=O) groups excluding carboxylic acids is 2. The third-order valence-electron chi connectivity index (χ3n) is 5.89. The Kier molecular flexibility index (Phi) is 6.27. The SMILES string of the molecule is COc1cc2nccc(Oc3c(F)cc(NC(=O)NC4CC4)c(Cl)c3F)c2cc1C(=O)N1CC(O)C1. The van der Waals surface area contributed by atoms with Gasteiger partial charge in [0.2, 0.25) is 0 Å². The van der Waals surface area contributed by atoms with Crippen molar-refractivity contribution >= 4 is 40.1 Å². The van der Waals surface area contributed by atoms with Gasteiger partial charge in [-0.15, -0.1) is 0 Å². The summed E-state index contributed by atoms with van der Waals surface area (Å²) in [6.07, 6.45) is 2.47. The Morgan fingerprint density at radius 3 is 2.61 bits per heavy atom. The number of ether oxygens (including phenoxy) is 2. The molecule has 5 rings (SSSR count). The maximum absolute atomic E-state index is 15.1. The molecule has 1 aliphatic carbocycles. The van der Waals surface area contributed by atoms with E-state index in [2.05, 4.69) is 15.6 Å². The standard InChI is InChI=1S/C24H21ClF2N4O5/c1-35-19-8-16-13(6-14(19)23(33)31-9-12(32)10-31)18(4-5-28-16)36-22-15(26)7-17(20(25)21(22)27)30-24(34)29-11-2-3-11/h4-8,11-12,32H,2-3,9-10H2,1H3,(H2,29,30,34). The van der Waals surface area contributed by atoms with Crippen molar-refractivity contribution in [2.24, 2.45) is 0 Å². The maximum Gasteiger partial charge on any atom is 0.319 e. The highest BCUT2D eigenvalue weighted by molar-refractivity contribution is 6.34. The Bertz CT molecular complexity index is 1380. The Morgan fingerprint density at radius 2 is 1.94 bits per heavy atom. The summed E-state index contributed by atoms with van der Waals surface area (Å²) in [5.74, 6) is -3.20. The van der Waals surface area contributed by atoms with E-state index in [-0.39, 0.29) is 47.8 Å². The number of methoxy groups -OCH3 is 1. The molecule has 2 heterocycles. The van der Waals surface area contributed by atoms with Crippen LogP contribution in [-0.4, -0.2) is 59.3 Å². The summed E-state index contributed by atoms with van der Waals surface area (Å²) in [6.45, 7) is 0.370. The molecule has 0 atom stereocenters. The summed E-state index contributed by atoms with van der Waals surface area (Å²) in [4.78, 5) is 30.6. The first-order chi connectivity index (χ1) is 17.2. The minimum atomic E-state index is -1.21. The van der Waals surface area contributed by atoms with Gasteiger partial charge in [-0.25, -0.2) is 13.6 Å². The number of carbonyl (C=O) groups is 2. The maximum atomic E-state index is 15.1. The molecule has 188 valence electrons. The van der Waals surface area contributed by atoms with Gasteiger partial charge in [0.15, 0.2) is 17.4 Å². The molecule has 3 N–H and O–H groups in total. The molecule has 3 aromatic rings. The molecule has 0 spiro atoms. The third-order valence-corrected chi connectivity index (χ3v) is 6.26. The van der Waals surface area contributed by atoms with Crippen molar-refractivity contribution in [2.75, 3.05) is 25.5 Å². The first-order valence-electron chi connectivity index (χ1n) is 11.1. The molecule has 2 aliphatic rings. The van der Waals surface area contributed by atoms with E-state index < -0.39 is 34.5 Å². The highest BCUT2D eigenvalue weighted by atomic mass is 35.5. The van der Waals surface area contributed by atoms with Crippen LogP contribution in [-0.2, 0) is 0 Å². The number of β-amino-alcohol motifs (C(OH)–C–C–N with tert-alkyl or cyclic N) is 1. The van der Waals surface area contributed by atoms with Crippen molar-refractivity contribution in [3.05, 3.63) is 52.7 Å². The summed E-state index contributed by atoms with van der Waals surface area (Å²) < 4.78 is 40.9. The second-order valence-corrected chi connectivity index (χ2v) is 8.96. The van der Waals surface area contributed by atoms with Gasteiger partial charge >= 0.3 is 6.03 Å². The van der Waals surface area contributed by atoms with Crippen molar-refractivity contribution < 1.29 is 33.0 Å². The molecule has 1 aliphatic heterocycles. The number of anilines is 1. The minimum absolute atomic E-state index is 0.0152. The number of aliphatic hydroxyl groups is 1. The third kappa shape index (κ3) is 4.59. The van der Waals surface area contributed by atoms with Gasteiger partial charge in [-0.05, 0) is 25.0 Å². The van der Waals surface area contributed by atoms with E-state index >= 15 is 4.39 Å². The molecule has 1 aromatic heterocycles. The fourth-order valence-electron chi connectivity index (χ4n) is 3.81. The number of amides is 3. The Labute approximate surface area is 209 Å². The van der Waals surface area contributed by atoms with Crippen LogP contribution in [0, 0.1) is 11.6 Å². The van der Waals surface area contributed by atoms with Gasteiger partial charge in [-0.3, -0.25) is 9.78 Å². The van der Waals surface area contributed by atoms with E-state index in [0.717, 1.165) is 18.9 Å². The monoisotopic (exact) mass is 518 g/mol. The van der Waals surface area contributed by atoms with E-state index in [9.17, 15) is 19.1 Å². The number of aromatic nitrogens is 1. The van der Waals surface area contributed by atoms with Crippen molar-refractivity contribution in [2.45, 2.75) is 25.0 Å². The zero-order valence-electron chi connectivity index (χ0n) is 19.0. The first kappa shape index (κ1) is 24.0. The average molecular weight is 519 g/mol. The lowest BCUT2D eigenvalue weighted by atomic mass is 10.0. The average Bonchev–Trinajstić information content (AvgIpc) is 3.65. The van der Waals surface area contributed by atoms with E-state index in [1.54, 1.807) is 0 Å². The van der Waals surface area contributed by atoms with Gasteiger partial charge in [0, 0.05) is 42.8 Å². The molecule has 2 aromatic carbocycles. The van der Waals surface area contributed by atoms with E-state index in [1.165, 1.54) is 36.4 Å². The minimum Gasteiger partial charge on any atom is -0.496 e. The molecule has 1 saturated heterocycles. The Balaban J connectivity index is 1.48. The van der Waals surface area contributed by atoms with Gasteiger partial charge in [0.05, 0.1) is 30.0 Å². The van der Waals surface area contributed by atoms with Crippen LogP contribution in [0.15, 0.2) is 30.5 Å². The van der Waals surface area contributed by atoms with Gasteiger partial charge in [-0.2, -0.15) is 0 Å². The fourth-order valence-corrected chi connectivity index (χ4v) is 4.00. The fraction of sp³-hybridized carbons (Fsp3) is 0.292. The highest BCUT2D eigenvalue weighted by Crippen LogP contribution is 2.39. The predicted molar refractivity (Wildman–Crippen MR) is 127 cm³/mol. The van der Waals surface area contributed by atoms with Crippen molar-refractivity contribution in [3.63, 3.8) is 0 Å². The number of nitrogens with one attached hydrogen (secondary N) is 2. The van der Waals surface area contributed by atoms with Crippen molar-refractivity contribution in [3.8, 4) is 17.2 Å². The Hall–Kier alpha value is -3.70. The molecule has 36 heavy (non-hydrogen) atoms. The van der Waals surface area contributed by atoms with Crippen LogP contribution in [0.25, 0.3) is 10.9 Å². The molecule has 0 bridgehead atoms. The smallest absolute Gasteiger partial charge is 0.319 e. The number of hydrogen-bond donors (Lipinski definition) is 3. The summed E-state index contributed by atoms with van der Waals surface area (Å²) in [6, 6.07) is 4.65. The largest absolute Gasteiger partial charge is 0.496 e. The second kappa shape index (κ2) is 9.40. The van der Waals surface area contributed by atoms with E-state index in [0.29, 0.717) is 10.9 Å². The van der Waals surface area contributed by atoms with Crippen LogP contribution in [0.5, 0.6) is 17.2 Å². The molecule has 0 radical (unpaired) electrons. The molecule has 2 fully saturated rings. The van der Waals surface area contributed by atoms with Gasteiger partial charge in [0.25, 0.3) is 5.91 Å². The normalized spacial score (nSPS) is 15.4. The topological polar surface area (TPSA) is 113 Å². The number of hydrogen-bond acceptors (Lipinski definition) is 6. The molecule has 3 amide bonds. The molecule has 12 heteroatoms. The van der Waals surface area contributed by atoms with Gasteiger partial charge in [0.1, 0.15) is 16.5 Å². The van der Waals surface area contributed by atoms with Crippen LogP contribution in [0.1, 0.15) is 23.2 Å². The van der Waals surface area contributed by atoms with Crippen LogP contribution >= 0.6 is 11.6 Å². The number of urea groups is 1. The summed E-state index contributed by atoms with van der Waals surface area (Å²) >= 11 is 6.06. The summed E-state index contributed by atoms with van der Waals surface area (Å²) in [5, 5.41) is 14.3. The number of aliphatic hydroxyl groups excluding tert-OH is 1. The van der Waals surface area contributed by atoms with E-state index in [4.69, 9.17) is 21.1 Å². The number of fused-ring (bicyclic) bond motifs is 1. The van der Waals surface area contributed by atoms with Gasteiger partial charge < -0.3 is 30.1 Å². The summed E-state index contributed by atoms with van der Waals surface area (Å²) in [5.41, 5.74) is 0.285. The summed E-state index contributed by atoms with van der Waals surface area (Å²) in [7, 11) is 1.40. The van der Waals surface area contributed by atoms with E-state index in [1.807, 2.05) is 0 Å². The van der Waals surface area contributed by atoms with Crippen molar-refractivity contribution in [1.82, 2.24) is 15.2 Å². The lowest BCUT2D eigenvalue weighted by molar-refractivity contribution is 0.00571. The molecule has 9 nitrogen and oxygen atoms in total. The molecular formula is C24H21ClF2N4O5. The predicted octanol–water partition coefficient (Wildman–Crippen LogP) is 4.07. The van der Waals surface area contributed by atoms with Crippen molar-refractivity contribution in [1.29, 1.82) is 0 Å². The lowest BCUT2D eigenvalue weighted by Gasteiger charge is -2.36. The molecular weight excluding hydrogens is 498 g/mol. The molecule has 0 unspecified atom stereocenters. The zero-order chi connectivity index (χ0) is 25.6. The zero-order valence-corrected chi connectivity index (χ0v) is 19.7. The number of pyridine rings is 1. The second-order valence-electron chi connectivity index (χ2n) is 8.58. The highest BCUT2D eigenvalue weighted by Gasteiger charge is 2.32. The van der Waals surface area contributed by atoms with Gasteiger partial charge in [-0.1, -0.05) is 11.6 Å². The lowest BCUT2D eigenvalue weighted by Crippen LogP contribution is -2.53. The van der Waals surface area contributed by atoms with Crippen LogP contribution in [0.2, 0.25) is 5.02 Å². The number of nitrogens with zero attached hydrogens (tertiary/aromatic N) is 2. The van der Waals surface area contributed by atoms with Crippen LogP contribution in [0.4, 0.5) is 19.3 Å². The number of rotatable bonds is 6. The number of likely N-dealkylation sites (tertiary alicyclic amines) is 1. The number of benzene rings is 2. The Morgan fingerprint density at radius 1 is 1.19 bits per heavy atom. The van der Waals surface area contributed by atoms with Crippen LogP contribution in [0.3, 0.4) is 0 Å². The quantitative estimate of drug-likeness (QED) is 0.424. The number of halogens is 3. The van der Waals surface area contributed by atoms with Crippen LogP contribution < -0.4 is 20.1 Å². The molecule has 1 saturated carbocycles.